The number of fused-ring (bicyclic) bond motifs is 8. The number of benzene rings is 3. The third-order valence-corrected chi connectivity index (χ3v) is 18.2. The Labute approximate surface area is 427 Å². The average molecular weight is 988 g/mol. The minimum atomic E-state index is -0.945. The number of carbonyl (C=O) groups excluding carboxylic acids is 5. The molecule has 0 radical (unpaired) electrons. The Morgan fingerprint density at radius 1 is 0.764 bits per heavy atom. The molecule has 4 saturated carbocycles. The summed E-state index contributed by atoms with van der Waals surface area (Å²) in [6.07, 6.45) is 5.80. The molecule has 13 heteroatoms. The van der Waals surface area contributed by atoms with Crippen LogP contribution in [0.5, 0.6) is 0 Å². The molecule has 72 heavy (non-hydrogen) atoms. The van der Waals surface area contributed by atoms with Gasteiger partial charge < -0.3 is 41.2 Å². The molecule has 0 aromatic heterocycles. The van der Waals surface area contributed by atoms with E-state index in [0.29, 0.717) is 19.3 Å². The summed E-state index contributed by atoms with van der Waals surface area (Å²) in [7, 11) is 1.42. The van der Waals surface area contributed by atoms with Crippen molar-refractivity contribution < 1.29 is 38.2 Å². The molecule has 3 aromatic rings. The lowest BCUT2D eigenvalue weighted by Crippen LogP contribution is -2.69. The maximum Gasteiger partial charge on any atom is 0.408 e. The molecule has 0 unspecified atom stereocenters. The van der Waals surface area contributed by atoms with Gasteiger partial charge in [0.25, 0.3) is 0 Å². The Hall–Kier alpha value is -5.43. The van der Waals surface area contributed by atoms with E-state index >= 15 is 4.79 Å². The molecule has 0 saturated heterocycles. The molecule has 0 aliphatic heterocycles. The highest BCUT2D eigenvalue weighted by molar-refractivity contribution is 5.87. The SMILES string of the molecule is COC(=O)CC[C@@H](C)[C@H]1CC[C@H]2[C@@H]3[C@H](NC(=O)[C@@H](NC(=O)OC(C)(C)C)C(C)C)C[C@@H]4C[C@H](N)CC[C@]4(C)[C@H]3C[C@H](NC(=O)[C@H](Cc3ccccc3)NC(=O)OCC3c4ccccc4-c4ccccc43)[C@]12C. The first-order valence-electron chi connectivity index (χ1n) is 26.8. The minimum absolute atomic E-state index is 0.0480. The highest BCUT2D eigenvalue weighted by atomic mass is 16.6. The van der Waals surface area contributed by atoms with Crippen molar-refractivity contribution in [1.82, 2.24) is 21.3 Å². The molecule has 3 aromatic carbocycles. The molecule has 5 aliphatic carbocycles. The monoisotopic (exact) mass is 988 g/mol. The quantitative estimate of drug-likeness (QED) is 0.0731. The van der Waals surface area contributed by atoms with E-state index in [1.54, 1.807) is 20.8 Å². The van der Waals surface area contributed by atoms with Crippen molar-refractivity contribution in [2.75, 3.05) is 13.7 Å². The highest BCUT2D eigenvalue weighted by Crippen LogP contribution is 2.68. The van der Waals surface area contributed by atoms with E-state index in [1.165, 1.54) is 7.11 Å². The maximum atomic E-state index is 15.3. The zero-order valence-electron chi connectivity index (χ0n) is 44.1. The van der Waals surface area contributed by atoms with E-state index in [1.807, 2.05) is 68.4 Å². The number of alkyl carbamates (subject to hydrolysis) is 2. The standard InChI is InChI=1S/C59H81N5O8/c1-34(2)52(64-56(69)72-57(4,5)6)54(67)61-47-31-37-30-38(60)27-28-58(37,7)46-32-49(59(8)44(24-25-45(59)51(46)47)35(3)23-26-50(65)70-9)63-53(66)48(29-36-17-11-10-12-18-36)62-55(68)71-33-43-41-21-15-13-19-39(41)40-20-14-16-22-42(40)43/h10-22,34-35,37-38,43-49,51-52H,23-33,60H2,1-9H3,(H,61,67)(H,62,68)(H,63,66)(H,64,69)/t35-,37+,38-,44-,45+,46+,47-,48+,49+,51+,52+,58+,59-/m1/s1. The molecule has 4 amide bonds. The Bertz CT molecular complexity index is 2390. The molecule has 390 valence electrons. The van der Waals surface area contributed by atoms with Crippen LogP contribution in [-0.2, 0) is 35.0 Å². The summed E-state index contributed by atoms with van der Waals surface area (Å²) in [5.74, 6) is -0.375. The molecule has 6 N–H and O–H groups in total. The lowest BCUT2D eigenvalue weighted by atomic mass is 9.42. The van der Waals surface area contributed by atoms with E-state index in [9.17, 15) is 19.2 Å². The largest absolute Gasteiger partial charge is 0.469 e. The second-order valence-corrected chi connectivity index (χ2v) is 23.9. The number of rotatable bonds is 15. The van der Waals surface area contributed by atoms with Crippen molar-refractivity contribution in [2.24, 2.45) is 58.0 Å². The van der Waals surface area contributed by atoms with Gasteiger partial charge in [-0.2, -0.15) is 0 Å². The first kappa shape index (κ1) is 52.9. The van der Waals surface area contributed by atoms with Gasteiger partial charge in [0.15, 0.2) is 0 Å². The summed E-state index contributed by atoms with van der Waals surface area (Å²) in [5, 5.41) is 13.1. The number of ether oxygens (including phenoxy) is 3. The summed E-state index contributed by atoms with van der Waals surface area (Å²) in [6.45, 7) is 16.4. The van der Waals surface area contributed by atoms with Crippen molar-refractivity contribution in [3.05, 3.63) is 95.6 Å². The zero-order chi connectivity index (χ0) is 51.7. The van der Waals surface area contributed by atoms with Crippen LogP contribution >= 0.6 is 0 Å². The third-order valence-electron chi connectivity index (χ3n) is 18.2. The molecule has 13 nitrogen and oxygen atoms in total. The molecule has 8 rings (SSSR count). The van der Waals surface area contributed by atoms with Gasteiger partial charge in [-0.15, -0.1) is 0 Å². The lowest BCUT2D eigenvalue weighted by Gasteiger charge is -2.65. The van der Waals surface area contributed by atoms with E-state index in [-0.39, 0.29) is 102 Å². The molecule has 13 atom stereocenters. The van der Waals surface area contributed by atoms with Crippen LogP contribution in [0.3, 0.4) is 0 Å². The van der Waals surface area contributed by atoms with Crippen LogP contribution in [0, 0.1) is 52.3 Å². The lowest BCUT2D eigenvalue weighted by molar-refractivity contribution is -0.154. The highest BCUT2D eigenvalue weighted by Gasteiger charge is 2.66. The van der Waals surface area contributed by atoms with E-state index in [0.717, 1.165) is 66.3 Å². The fourth-order valence-corrected chi connectivity index (χ4v) is 14.6. The van der Waals surface area contributed by atoms with Crippen LogP contribution in [0.25, 0.3) is 11.1 Å². The van der Waals surface area contributed by atoms with Crippen LogP contribution in [0.2, 0.25) is 0 Å². The fourth-order valence-electron chi connectivity index (χ4n) is 14.6. The van der Waals surface area contributed by atoms with Crippen molar-refractivity contribution in [2.45, 2.75) is 161 Å². The summed E-state index contributed by atoms with van der Waals surface area (Å²) < 4.78 is 16.8. The van der Waals surface area contributed by atoms with Gasteiger partial charge in [0.05, 0.1) is 7.11 Å². The van der Waals surface area contributed by atoms with Gasteiger partial charge in [-0.1, -0.05) is 113 Å². The maximum absolute atomic E-state index is 15.3. The third kappa shape index (κ3) is 10.9. The Kier molecular flexibility index (Phi) is 15.8. The first-order valence-corrected chi connectivity index (χ1v) is 26.8. The van der Waals surface area contributed by atoms with E-state index in [4.69, 9.17) is 19.9 Å². The number of nitrogens with one attached hydrogen (secondary N) is 4. The van der Waals surface area contributed by atoms with Crippen LogP contribution in [-0.4, -0.2) is 79.5 Å². The fraction of sp³-hybridized carbons (Fsp3) is 0.610. The molecular formula is C59H81N5O8. The molecular weight excluding hydrogens is 907 g/mol. The molecule has 0 heterocycles. The number of hydrogen-bond acceptors (Lipinski definition) is 9. The number of nitrogens with two attached hydrogens (primary N) is 1. The average Bonchev–Trinajstić information content (AvgIpc) is 3.87. The summed E-state index contributed by atoms with van der Waals surface area (Å²) in [6, 6.07) is 24.0. The molecule has 0 bridgehead atoms. The van der Waals surface area contributed by atoms with Crippen molar-refractivity contribution in [1.29, 1.82) is 0 Å². The van der Waals surface area contributed by atoms with Gasteiger partial charge in [0.1, 0.15) is 24.3 Å². The number of esters is 1. The van der Waals surface area contributed by atoms with Crippen molar-refractivity contribution in [3.8, 4) is 11.1 Å². The van der Waals surface area contributed by atoms with E-state index in [2.05, 4.69) is 66.3 Å². The number of hydrogen-bond donors (Lipinski definition) is 5. The van der Waals surface area contributed by atoms with Gasteiger partial charge >= 0.3 is 18.2 Å². The number of carbonyl (C=O) groups is 5. The summed E-state index contributed by atoms with van der Waals surface area (Å²) >= 11 is 0. The Balaban J connectivity index is 1.10. The van der Waals surface area contributed by atoms with Crippen molar-refractivity contribution in [3.63, 3.8) is 0 Å². The van der Waals surface area contributed by atoms with Crippen LogP contribution in [0.1, 0.15) is 136 Å². The van der Waals surface area contributed by atoms with Gasteiger partial charge in [-0.3, -0.25) is 14.4 Å². The summed E-state index contributed by atoms with van der Waals surface area (Å²) in [4.78, 5) is 69.8. The van der Waals surface area contributed by atoms with Gasteiger partial charge in [-0.05, 0) is 152 Å². The first-order chi connectivity index (χ1) is 34.2. The van der Waals surface area contributed by atoms with Gasteiger partial charge in [0, 0.05) is 36.9 Å². The molecule has 5 aliphatic rings. The second kappa shape index (κ2) is 21.6. The van der Waals surface area contributed by atoms with Gasteiger partial charge in [0.2, 0.25) is 11.8 Å². The van der Waals surface area contributed by atoms with Crippen LogP contribution in [0.4, 0.5) is 9.59 Å². The Morgan fingerprint density at radius 2 is 1.42 bits per heavy atom. The predicted molar refractivity (Wildman–Crippen MR) is 278 cm³/mol. The smallest absolute Gasteiger partial charge is 0.408 e. The van der Waals surface area contributed by atoms with E-state index < -0.39 is 35.3 Å². The van der Waals surface area contributed by atoms with Crippen LogP contribution < -0.4 is 27.0 Å². The van der Waals surface area contributed by atoms with Crippen molar-refractivity contribution >= 4 is 30.0 Å². The predicted octanol–water partition coefficient (Wildman–Crippen LogP) is 9.45. The molecule has 4 fully saturated rings. The van der Waals surface area contributed by atoms with Crippen LogP contribution in [0.15, 0.2) is 78.9 Å². The number of amides is 4. The number of methoxy groups -OCH3 is 1. The normalized spacial score (nSPS) is 29.7. The zero-order valence-corrected chi connectivity index (χ0v) is 44.1. The molecule has 0 spiro atoms. The topological polar surface area (TPSA) is 187 Å². The Morgan fingerprint density at radius 3 is 2.06 bits per heavy atom. The minimum Gasteiger partial charge on any atom is -0.469 e. The van der Waals surface area contributed by atoms with Gasteiger partial charge in [-0.25, -0.2) is 9.59 Å². The second-order valence-electron chi connectivity index (χ2n) is 23.9. The summed E-state index contributed by atoms with van der Waals surface area (Å²) in [5.41, 5.74) is 10.8.